The summed E-state index contributed by atoms with van der Waals surface area (Å²) in [4.78, 5) is 5.81. The Kier molecular flexibility index (Phi) is 6.26. The predicted molar refractivity (Wildman–Crippen MR) is 112 cm³/mol. The first kappa shape index (κ1) is 19.1. The molecule has 1 aliphatic carbocycles. The van der Waals surface area contributed by atoms with Crippen LogP contribution in [0.3, 0.4) is 0 Å². The fraction of sp³-hybridized carbons (Fsp3) is 0.304. The van der Waals surface area contributed by atoms with E-state index in [9.17, 15) is 0 Å². The van der Waals surface area contributed by atoms with Crippen molar-refractivity contribution in [1.29, 1.82) is 5.26 Å². The number of allylic oxidation sites excluding steroid dienone is 4. The lowest BCUT2D eigenvalue weighted by Gasteiger charge is -2.08. The molecular weight excluding hydrogens is 352 g/mol. The van der Waals surface area contributed by atoms with Gasteiger partial charge in [-0.2, -0.15) is 5.26 Å². The SMILES string of the molecule is C=C(/C=C\C(=C/CC#N)c1ncc(-c2cccc3c2CCC3)s1)OC(C)C. The fourth-order valence-corrected chi connectivity index (χ4v) is 4.28. The van der Waals surface area contributed by atoms with Crippen molar-refractivity contribution in [3.8, 4) is 16.5 Å². The van der Waals surface area contributed by atoms with Gasteiger partial charge in [-0.1, -0.05) is 30.9 Å². The minimum absolute atomic E-state index is 0.0836. The minimum Gasteiger partial charge on any atom is -0.492 e. The number of benzene rings is 1. The highest BCUT2D eigenvalue weighted by molar-refractivity contribution is 7.16. The number of nitriles is 1. The number of aromatic nitrogens is 1. The Labute approximate surface area is 165 Å². The minimum atomic E-state index is 0.0836. The van der Waals surface area contributed by atoms with E-state index in [1.165, 1.54) is 34.4 Å². The van der Waals surface area contributed by atoms with E-state index in [1.807, 2.05) is 38.3 Å². The lowest BCUT2D eigenvalue weighted by molar-refractivity contribution is 0.159. The number of thiazole rings is 1. The van der Waals surface area contributed by atoms with E-state index in [0.717, 1.165) is 17.0 Å². The number of nitrogens with zero attached hydrogens (tertiary/aromatic N) is 2. The van der Waals surface area contributed by atoms with E-state index < -0.39 is 0 Å². The third-order valence-electron chi connectivity index (χ3n) is 4.41. The van der Waals surface area contributed by atoms with Gasteiger partial charge in [-0.05, 0) is 62.0 Å². The summed E-state index contributed by atoms with van der Waals surface area (Å²) in [5.74, 6) is 0.602. The molecule has 0 fully saturated rings. The molecule has 0 N–H and O–H groups in total. The van der Waals surface area contributed by atoms with Crippen LogP contribution in [0.15, 0.2) is 55.0 Å². The summed E-state index contributed by atoms with van der Waals surface area (Å²) in [7, 11) is 0. The Bertz CT molecular complexity index is 928. The first-order valence-electron chi connectivity index (χ1n) is 9.26. The van der Waals surface area contributed by atoms with Gasteiger partial charge < -0.3 is 4.74 Å². The van der Waals surface area contributed by atoms with E-state index in [4.69, 9.17) is 10.00 Å². The highest BCUT2D eigenvalue weighted by Crippen LogP contribution is 2.36. The Hall–Kier alpha value is -2.64. The van der Waals surface area contributed by atoms with Gasteiger partial charge in [0, 0.05) is 11.8 Å². The average molecular weight is 377 g/mol. The maximum absolute atomic E-state index is 8.97. The number of hydrogen-bond donors (Lipinski definition) is 0. The van der Waals surface area contributed by atoms with Crippen molar-refractivity contribution in [3.05, 3.63) is 71.1 Å². The van der Waals surface area contributed by atoms with E-state index >= 15 is 0 Å². The normalized spacial score (nSPS) is 13.8. The summed E-state index contributed by atoms with van der Waals surface area (Å²) in [6, 6.07) is 8.73. The summed E-state index contributed by atoms with van der Waals surface area (Å²) in [5, 5.41) is 9.88. The van der Waals surface area contributed by atoms with Crippen LogP contribution in [0, 0.1) is 11.3 Å². The molecular formula is C23H24N2OS. The molecule has 0 aliphatic heterocycles. The monoisotopic (exact) mass is 376 g/mol. The summed E-state index contributed by atoms with van der Waals surface area (Å²) in [5.41, 5.74) is 5.15. The van der Waals surface area contributed by atoms with Crippen molar-refractivity contribution in [2.75, 3.05) is 0 Å². The zero-order valence-corrected chi connectivity index (χ0v) is 16.7. The van der Waals surface area contributed by atoms with Crippen LogP contribution in [0.4, 0.5) is 0 Å². The van der Waals surface area contributed by atoms with Gasteiger partial charge in [0.2, 0.25) is 0 Å². The lowest BCUT2D eigenvalue weighted by Crippen LogP contribution is -1.99. The molecule has 2 aromatic rings. The quantitative estimate of drug-likeness (QED) is 0.434. The molecule has 3 nitrogen and oxygen atoms in total. The Balaban J connectivity index is 1.87. The molecule has 3 rings (SSSR count). The van der Waals surface area contributed by atoms with Crippen molar-refractivity contribution in [1.82, 2.24) is 4.98 Å². The smallest absolute Gasteiger partial charge is 0.123 e. The molecule has 0 atom stereocenters. The molecule has 0 radical (unpaired) electrons. The van der Waals surface area contributed by atoms with Crippen LogP contribution in [-0.2, 0) is 17.6 Å². The van der Waals surface area contributed by atoms with Crippen molar-refractivity contribution < 1.29 is 4.74 Å². The van der Waals surface area contributed by atoms with Gasteiger partial charge in [-0.25, -0.2) is 4.98 Å². The largest absolute Gasteiger partial charge is 0.492 e. The molecule has 0 unspecified atom stereocenters. The van der Waals surface area contributed by atoms with Crippen molar-refractivity contribution in [3.63, 3.8) is 0 Å². The summed E-state index contributed by atoms with van der Waals surface area (Å²) in [6.45, 7) is 7.85. The number of ether oxygens (including phenoxy) is 1. The standard InChI is InChI=1S/C23H24N2OS/c1-16(2)26-17(3)12-13-19(9-6-14-24)23-25-15-22(27-23)21-11-5-8-18-7-4-10-20(18)21/h5,8-9,11-13,15-16H,3-4,6-7,10H2,1-2H3/b13-12-,19-9+. The highest BCUT2D eigenvalue weighted by atomic mass is 32.1. The van der Waals surface area contributed by atoms with Crippen LogP contribution in [-0.4, -0.2) is 11.1 Å². The van der Waals surface area contributed by atoms with Gasteiger partial charge in [0.15, 0.2) is 0 Å². The molecule has 1 aromatic carbocycles. The first-order chi connectivity index (χ1) is 13.1. The predicted octanol–water partition coefficient (Wildman–Crippen LogP) is 6.09. The molecule has 0 spiro atoms. The van der Waals surface area contributed by atoms with E-state index in [2.05, 4.69) is 35.8 Å². The van der Waals surface area contributed by atoms with Crippen LogP contribution in [0.1, 0.15) is 42.8 Å². The van der Waals surface area contributed by atoms with Crippen LogP contribution >= 0.6 is 11.3 Å². The zero-order valence-electron chi connectivity index (χ0n) is 15.9. The molecule has 1 heterocycles. The van der Waals surface area contributed by atoms with E-state index in [-0.39, 0.29) is 6.10 Å². The second-order valence-electron chi connectivity index (χ2n) is 6.81. The maximum atomic E-state index is 8.97. The Morgan fingerprint density at radius 3 is 3.00 bits per heavy atom. The average Bonchev–Trinajstić information content (AvgIpc) is 3.30. The van der Waals surface area contributed by atoms with Crippen LogP contribution < -0.4 is 0 Å². The molecule has 4 heteroatoms. The van der Waals surface area contributed by atoms with Crippen LogP contribution in [0.5, 0.6) is 0 Å². The Morgan fingerprint density at radius 1 is 1.37 bits per heavy atom. The molecule has 0 saturated heterocycles. The third-order valence-corrected chi connectivity index (χ3v) is 5.49. The first-order valence-corrected chi connectivity index (χ1v) is 10.1. The topological polar surface area (TPSA) is 45.9 Å². The van der Waals surface area contributed by atoms with Crippen molar-refractivity contribution >= 4 is 16.9 Å². The maximum Gasteiger partial charge on any atom is 0.123 e. The van der Waals surface area contributed by atoms with Crippen LogP contribution in [0.25, 0.3) is 16.0 Å². The molecule has 1 aromatic heterocycles. The molecule has 138 valence electrons. The lowest BCUT2D eigenvalue weighted by atomic mass is 10.0. The number of rotatable bonds is 7. The molecule has 1 aliphatic rings. The van der Waals surface area contributed by atoms with Gasteiger partial charge in [-0.3, -0.25) is 0 Å². The number of fused-ring (bicyclic) bond motifs is 1. The number of hydrogen-bond acceptors (Lipinski definition) is 4. The van der Waals surface area contributed by atoms with Crippen LogP contribution in [0.2, 0.25) is 0 Å². The molecule has 0 amide bonds. The third kappa shape index (κ3) is 4.75. The summed E-state index contributed by atoms with van der Waals surface area (Å²) >= 11 is 1.67. The van der Waals surface area contributed by atoms with E-state index in [1.54, 1.807) is 11.3 Å². The summed E-state index contributed by atoms with van der Waals surface area (Å²) in [6.07, 6.45) is 11.6. The molecule has 27 heavy (non-hydrogen) atoms. The van der Waals surface area contributed by atoms with E-state index in [0.29, 0.717) is 12.2 Å². The van der Waals surface area contributed by atoms with Gasteiger partial charge in [0.25, 0.3) is 0 Å². The van der Waals surface area contributed by atoms with Gasteiger partial charge in [0.1, 0.15) is 10.8 Å². The van der Waals surface area contributed by atoms with Crippen molar-refractivity contribution in [2.24, 2.45) is 0 Å². The highest BCUT2D eigenvalue weighted by Gasteiger charge is 2.17. The van der Waals surface area contributed by atoms with Gasteiger partial charge >= 0.3 is 0 Å². The summed E-state index contributed by atoms with van der Waals surface area (Å²) < 4.78 is 5.58. The second-order valence-corrected chi connectivity index (χ2v) is 7.85. The van der Waals surface area contributed by atoms with Gasteiger partial charge in [-0.15, -0.1) is 11.3 Å². The number of aryl methyl sites for hydroxylation is 1. The van der Waals surface area contributed by atoms with Crippen molar-refractivity contribution in [2.45, 2.75) is 45.6 Å². The van der Waals surface area contributed by atoms with Gasteiger partial charge in [0.05, 0.1) is 23.5 Å². The Morgan fingerprint density at radius 2 is 2.22 bits per heavy atom. The second kappa shape index (κ2) is 8.83. The molecule has 0 bridgehead atoms. The fourth-order valence-electron chi connectivity index (χ4n) is 3.29. The molecule has 0 saturated carbocycles. The zero-order chi connectivity index (χ0) is 19.2.